The number of aromatic nitrogens is 2. The zero-order valence-corrected chi connectivity index (χ0v) is 15.8. The Morgan fingerprint density at radius 2 is 1.88 bits per heavy atom. The zero-order valence-electron chi connectivity index (χ0n) is 15.0. The molecule has 1 fully saturated rings. The van der Waals surface area contributed by atoms with Crippen LogP contribution in [0.25, 0.3) is 11.5 Å². The smallest absolute Gasteiger partial charge is 0.322 e. The van der Waals surface area contributed by atoms with E-state index in [0.717, 1.165) is 11.1 Å². The number of piperidine rings is 1. The van der Waals surface area contributed by atoms with Gasteiger partial charge in [0.05, 0.1) is 6.26 Å². The van der Waals surface area contributed by atoms with Gasteiger partial charge in [0.15, 0.2) is 0 Å². The molecule has 0 spiro atoms. The summed E-state index contributed by atoms with van der Waals surface area (Å²) in [6.07, 6.45) is 2.12. The second kappa shape index (κ2) is 7.16. The first-order valence-electron chi connectivity index (χ1n) is 8.41. The molecule has 140 valence electrons. The molecule has 0 unspecified atom stereocenters. The van der Waals surface area contributed by atoms with Crippen molar-refractivity contribution in [1.29, 1.82) is 0 Å². The average molecular weight is 378 g/mol. The first kappa shape index (κ1) is 18.5. The summed E-state index contributed by atoms with van der Waals surface area (Å²) in [5, 5.41) is 10.5. The third-order valence-electron chi connectivity index (χ3n) is 4.70. The van der Waals surface area contributed by atoms with Crippen LogP contribution >= 0.6 is 0 Å². The van der Waals surface area contributed by atoms with Crippen LogP contribution in [0.2, 0.25) is 0 Å². The second-order valence-electron chi connectivity index (χ2n) is 6.64. The summed E-state index contributed by atoms with van der Waals surface area (Å²) in [6.45, 7) is 4.71. The van der Waals surface area contributed by atoms with Crippen LogP contribution in [-0.4, -0.2) is 48.2 Å². The van der Waals surface area contributed by atoms with E-state index in [9.17, 15) is 13.2 Å². The number of aryl methyl sites for hydroxylation is 2. The molecule has 2 heterocycles. The van der Waals surface area contributed by atoms with Crippen molar-refractivity contribution < 1.29 is 17.6 Å². The van der Waals surface area contributed by atoms with Gasteiger partial charge in [-0.2, -0.15) is 0 Å². The lowest BCUT2D eigenvalue weighted by molar-refractivity contribution is -0.121. The fourth-order valence-electron chi connectivity index (χ4n) is 2.92. The molecule has 0 saturated carbocycles. The van der Waals surface area contributed by atoms with Gasteiger partial charge < -0.3 is 4.42 Å². The lowest BCUT2D eigenvalue weighted by Gasteiger charge is -2.29. The lowest BCUT2D eigenvalue weighted by atomic mass is 9.97. The highest BCUT2D eigenvalue weighted by atomic mass is 32.2. The predicted molar refractivity (Wildman–Crippen MR) is 97.0 cm³/mol. The maximum absolute atomic E-state index is 12.4. The molecule has 1 amide bonds. The number of rotatable bonds is 4. The number of nitrogens with one attached hydrogen (secondary N) is 1. The number of hydrogen-bond donors (Lipinski definition) is 1. The molecular formula is C17H22N4O4S. The molecule has 0 bridgehead atoms. The Balaban J connectivity index is 1.62. The maximum atomic E-state index is 12.4. The van der Waals surface area contributed by atoms with Crippen LogP contribution in [0.1, 0.15) is 24.0 Å². The third-order valence-corrected chi connectivity index (χ3v) is 6.01. The largest absolute Gasteiger partial charge is 0.403 e. The summed E-state index contributed by atoms with van der Waals surface area (Å²) in [5.41, 5.74) is 3.08. The van der Waals surface area contributed by atoms with E-state index >= 15 is 0 Å². The van der Waals surface area contributed by atoms with E-state index < -0.39 is 10.0 Å². The molecular weight excluding hydrogens is 356 g/mol. The van der Waals surface area contributed by atoms with Gasteiger partial charge in [-0.05, 0) is 49.9 Å². The maximum Gasteiger partial charge on any atom is 0.322 e. The molecule has 8 nitrogen and oxygen atoms in total. The molecule has 1 N–H and O–H groups in total. The van der Waals surface area contributed by atoms with Crippen molar-refractivity contribution in [3.8, 4) is 11.5 Å². The second-order valence-corrected chi connectivity index (χ2v) is 8.62. The van der Waals surface area contributed by atoms with Gasteiger partial charge in [0, 0.05) is 24.6 Å². The van der Waals surface area contributed by atoms with Gasteiger partial charge in [-0.15, -0.1) is 5.10 Å². The van der Waals surface area contributed by atoms with Crippen LogP contribution in [0.4, 0.5) is 6.01 Å². The van der Waals surface area contributed by atoms with Crippen molar-refractivity contribution in [2.45, 2.75) is 26.7 Å². The highest BCUT2D eigenvalue weighted by molar-refractivity contribution is 7.88. The summed E-state index contributed by atoms with van der Waals surface area (Å²) in [5.74, 6) is -0.159. The molecule has 1 aromatic carbocycles. The number of sulfonamides is 1. The van der Waals surface area contributed by atoms with Crippen LogP contribution in [0.15, 0.2) is 22.6 Å². The fourth-order valence-corrected chi connectivity index (χ4v) is 3.80. The quantitative estimate of drug-likeness (QED) is 0.872. The van der Waals surface area contributed by atoms with Crippen molar-refractivity contribution in [3.05, 3.63) is 29.3 Å². The minimum atomic E-state index is -3.21. The van der Waals surface area contributed by atoms with Gasteiger partial charge in [-0.1, -0.05) is 11.2 Å². The van der Waals surface area contributed by atoms with Crippen molar-refractivity contribution in [2.24, 2.45) is 5.92 Å². The predicted octanol–water partition coefficient (Wildman–Crippen LogP) is 1.96. The number of amides is 1. The fraction of sp³-hybridized carbons (Fsp3) is 0.471. The highest BCUT2D eigenvalue weighted by Gasteiger charge is 2.29. The normalized spacial score (nSPS) is 16.6. The van der Waals surface area contributed by atoms with Crippen molar-refractivity contribution in [3.63, 3.8) is 0 Å². The Morgan fingerprint density at radius 1 is 1.19 bits per heavy atom. The molecule has 0 atom stereocenters. The number of carbonyl (C=O) groups excluding carboxylic acids is 1. The molecule has 26 heavy (non-hydrogen) atoms. The van der Waals surface area contributed by atoms with Gasteiger partial charge in [0.2, 0.25) is 21.8 Å². The standard InChI is InChI=1S/C17H22N4O4S/c1-11-4-5-14(10-12(11)2)16-19-20-17(25-16)18-15(22)13-6-8-21(9-7-13)26(3,23)24/h4-5,10,13H,6-9H2,1-3H3,(H,18,20,22). The van der Waals surface area contributed by atoms with Gasteiger partial charge >= 0.3 is 6.01 Å². The molecule has 3 rings (SSSR count). The van der Waals surface area contributed by atoms with E-state index in [4.69, 9.17) is 4.42 Å². The Morgan fingerprint density at radius 3 is 2.50 bits per heavy atom. The molecule has 0 radical (unpaired) electrons. The minimum Gasteiger partial charge on any atom is -0.403 e. The Bertz CT molecular complexity index is 915. The average Bonchev–Trinajstić information content (AvgIpc) is 3.05. The van der Waals surface area contributed by atoms with Gasteiger partial charge in [-0.25, -0.2) is 12.7 Å². The molecule has 0 aliphatic carbocycles. The summed E-state index contributed by atoms with van der Waals surface area (Å²) in [6, 6.07) is 5.87. The third kappa shape index (κ3) is 4.10. The van der Waals surface area contributed by atoms with E-state index in [-0.39, 0.29) is 17.8 Å². The van der Waals surface area contributed by atoms with Crippen LogP contribution in [-0.2, 0) is 14.8 Å². The molecule has 1 aliphatic rings. The van der Waals surface area contributed by atoms with Gasteiger partial charge in [0.1, 0.15) is 0 Å². The molecule has 1 saturated heterocycles. The molecule has 9 heteroatoms. The summed E-state index contributed by atoms with van der Waals surface area (Å²) < 4.78 is 30.0. The van der Waals surface area contributed by atoms with Gasteiger partial charge in [0.25, 0.3) is 0 Å². The summed E-state index contributed by atoms with van der Waals surface area (Å²) in [7, 11) is -3.21. The van der Waals surface area contributed by atoms with Crippen molar-refractivity contribution in [2.75, 3.05) is 24.7 Å². The van der Waals surface area contributed by atoms with E-state index in [0.29, 0.717) is 31.8 Å². The number of nitrogens with zero attached hydrogens (tertiary/aromatic N) is 3. The first-order valence-corrected chi connectivity index (χ1v) is 10.3. The molecule has 2 aromatic rings. The van der Waals surface area contributed by atoms with Crippen molar-refractivity contribution >= 4 is 21.9 Å². The monoisotopic (exact) mass is 378 g/mol. The van der Waals surface area contributed by atoms with E-state index in [1.54, 1.807) is 0 Å². The Hall–Kier alpha value is -2.26. The van der Waals surface area contributed by atoms with E-state index in [1.807, 2.05) is 32.0 Å². The van der Waals surface area contributed by atoms with Crippen LogP contribution in [0.3, 0.4) is 0 Å². The van der Waals surface area contributed by atoms with Crippen molar-refractivity contribution in [1.82, 2.24) is 14.5 Å². The number of hydrogen-bond acceptors (Lipinski definition) is 6. The molecule has 1 aliphatic heterocycles. The van der Waals surface area contributed by atoms with E-state index in [2.05, 4.69) is 15.5 Å². The first-order chi connectivity index (χ1) is 12.2. The van der Waals surface area contributed by atoms with E-state index in [1.165, 1.54) is 16.1 Å². The summed E-state index contributed by atoms with van der Waals surface area (Å²) in [4.78, 5) is 12.4. The lowest BCUT2D eigenvalue weighted by Crippen LogP contribution is -2.40. The SMILES string of the molecule is Cc1ccc(-c2nnc(NC(=O)C3CCN(S(C)(=O)=O)CC3)o2)cc1C. The number of anilines is 1. The topological polar surface area (TPSA) is 105 Å². The number of carbonyl (C=O) groups is 1. The summed E-state index contributed by atoms with van der Waals surface area (Å²) >= 11 is 0. The Labute approximate surface area is 152 Å². The van der Waals surface area contributed by atoms with Crippen LogP contribution in [0, 0.1) is 19.8 Å². The Kier molecular flexibility index (Phi) is 5.10. The zero-order chi connectivity index (χ0) is 18.9. The van der Waals surface area contributed by atoms with Gasteiger partial charge in [-0.3, -0.25) is 10.1 Å². The molecule has 1 aromatic heterocycles. The minimum absolute atomic E-state index is 0.0498. The van der Waals surface area contributed by atoms with Crippen LogP contribution in [0.5, 0.6) is 0 Å². The number of benzene rings is 1. The highest BCUT2D eigenvalue weighted by Crippen LogP contribution is 2.24. The van der Waals surface area contributed by atoms with Crippen LogP contribution < -0.4 is 5.32 Å².